The number of unbranched alkanes of at least 4 members (excludes halogenated alkanes) is 1. The molecule has 0 unspecified atom stereocenters. The molecule has 2 rings (SSSR count). The van der Waals surface area contributed by atoms with E-state index in [2.05, 4.69) is 84.9 Å². The third-order valence-corrected chi connectivity index (χ3v) is 5.25. The van der Waals surface area contributed by atoms with Crippen LogP contribution < -0.4 is 0 Å². The lowest BCUT2D eigenvalue weighted by Gasteiger charge is -2.23. The molecule has 1 heterocycles. The van der Waals surface area contributed by atoms with Gasteiger partial charge in [0.15, 0.2) is 0 Å². The molecule has 0 saturated heterocycles. The molecule has 0 atom stereocenters. The van der Waals surface area contributed by atoms with Gasteiger partial charge < -0.3 is 5.11 Å². The van der Waals surface area contributed by atoms with E-state index >= 15 is 0 Å². The molecule has 0 aliphatic rings. The average Bonchev–Trinajstić information content (AvgIpc) is 2.66. The van der Waals surface area contributed by atoms with E-state index in [0.717, 1.165) is 46.5 Å². The van der Waals surface area contributed by atoms with Gasteiger partial charge in [0.05, 0.1) is 12.3 Å². The lowest BCUT2D eigenvalue weighted by atomic mass is 9.86. The van der Waals surface area contributed by atoms with Gasteiger partial charge in [0.2, 0.25) is 0 Å². The van der Waals surface area contributed by atoms with E-state index in [1.54, 1.807) is 0 Å². The summed E-state index contributed by atoms with van der Waals surface area (Å²) in [4.78, 5) is 5.04. The molecule has 0 saturated carbocycles. The quantitative estimate of drug-likeness (QED) is 0.517. The van der Waals surface area contributed by atoms with Crippen LogP contribution in [0.25, 0.3) is 17.2 Å². The van der Waals surface area contributed by atoms with E-state index in [1.165, 1.54) is 5.56 Å². The number of nitrogens with zero attached hydrogens (tertiary/aromatic N) is 1. The summed E-state index contributed by atoms with van der Waals surface area (Å²) in [6, 6.07) is 8.83. The summed E-state index contributed by atoms with van der Waals surface area (Å²) in [5.74, 6) is 1.09. The Kier molecular flexibility index (Phi) is 8.00. The largest absolute Gasteiger partial charge is 0.392 e. The van der Waals surface area contributed by atoms with Gasteiger partial charge in [-0.3, -0.25) is 4.98 Å². The van der Waals surface area contributed by atoms with Crippen molar-refractivity contribution in [2.24, 2.45) is 0 Å². The summed E-state index contributed by atoms with van der Waals surface area (Å²) in [5, 5.41) is 10.3. The van der Waals surface area contributed by atoms with Crippen molar-refractivity contribution in [3.05, 3.63) is 58.4 Å². The fraction of sp³-hybridized carbons (Fsp3) is 0.500. The first kappa shape index (κ1) is 22.4. The van der Waals surface area contributed by atoms with Gasteiger partial charge in [0, 0.05) is 16.8 Å². The van der Waals surface area contributed by atoms with Gasteiger partial charge in [-0.15, -0.1) is 0 Å². The van der Waals surface area contributed by atoms with E-state index in [-0.39, 0.29) is 12.5 Å². The zero-order valence-electron chi connectivity index (χ0n) is 18.7. The third kappa shape index (κ3) is 4.91. The summed E-state index contributed by atoms with van der Waals surface area (Å²) in [6.07, 6.45) is 6.63. The van der Waals surface area contributed by atoms with Crippen LogP contribution in [0.4, 0.5) is 0 Å². The molecule has 0 aliphatic carbocycles. The second-order valence-electron chi connectivity index (χ2n) is 8.58. The molecule has 0 spiro atoms. The van der Waals surface area contributed by atoms with Crippen LogP contribution in [-0.2, 0) is 6.61 Å². The third-order valence-electron chi connectivity index (χ3n) is 5.25. The lowest BCUT2D eigenvalue weighted by Crippen LogP contribution is -2.10. The van der Waals surface area contributed by atoms with E-state index in [4.69, 9.17) is 4.98 Å². The van der Waals surface area contributed by atoms with Crippen LogP contribution in [0.5, 0.6) is 0 Å². The smallest absolute Gasteiger partial charge is 0.0706 e. The zero-order valence-corrected chi connectivity index (χ0v) is 18.7. The number of aliphatic hydroxyl groups is 1. The Bertz CT molecular complexity index is 798. The van der Waals surface area contributed by atoms with Gasteiger partial charge in [0.1, 0.15) is 0 Å². The van der Waals surface area contributed by atoms with Crippen molar-refractivity contribution in [2.45, 2.75) is 85.7 Å². The first-order valence-electron chi connectivity index (χ1n) is 10.8. The Balaban J connectivity index is 2.83. The summed E-state index contributed by atoms with van der Waals surface area (Å²) in [7, 11) is 0. The van der Waals surface area contributed by atoms with E-state index < -0.39 is 0 Å². The Labute approximate surface area is 171 Å². The minimum atomic E-state index is 0.00870. The molecule has 0 fully saturated rings. The Morgan fingerprint density at radius 2 is 1.50 bits per heavy atom. The van der Waals surface area contributed by atoms with Crippen LogP contribution in [0.15, 0.2) is 30.3 Å². The summed E-state index contributed by atoms with van der Waals surface area (Å²) in [6.45, 7) is 15.4. The summed E-state index contributed by atoms with van der Waals surface area (Å²) in [5.41, 5.74) is 7.91. The normalized spacial score (nSPS) is 12.1. The van der Waals surface area contributed by atoms with Crippen molar-refractivity contribution in [3.8, 4) is 11.1 Å². The molecule has 0 amide bonds. The van der Waals surface area contributed by atoms with Gasteiger partial charge in [-0.05, 0) is 40.9 Å². The van der Waals surface area contributed by atoms with Crippen LogP contribution in [0.1, 0.15) is 107 Å². The van der Waals surface area contributed by atoms with Crippen LogP contribution in [0.2, 0.25) is 0 Å². The first-order chi connectivity index (χ1) is 13.3. The summed E-state index contributed by atoms with van der Waals surface area (Å²) < 4.78 is 0. The fourth-order valence-corrected chi connectivity index (χ4v) is 3.65. The van der Waals surface area contributed by atoms with E-state index in [1.807, 2.05) is 0 Å². The number of aromatic nitrogens is 1. The zero-order chi connectivity index (χ0) is 20.8. The Morgan fingerprint density at radius 1 is 0.893 bits per heavy atom. The number of benzene rings is 1. The van der Waals surface area contributed by atoms with Crippen LogP contribution in [0, 0.1) is 0 Å². The predicted octanol–water partition coefficient (Wildman–Crippen LogP) is 7.42. The highest BCUT2D eigenvalue weighted by molar-refractivity contribution is 5.80. The fourth-order valence-electron chi connectivity index (χ4n) is 3.65. The number of hydrogen-bond donors (Lipinski definition) is 1. The van der Waals surface area contributed by atoms with Crippen molar-refractivity contribution >= 4 is 6.08 Å². The minimum Gasteiger partial charge on any atom is -0.392 e. The number of pyridine rings is 1. The Morgan fingerprint density at radius 3 is 1.96 bits per heavy atom. The predicted molar refractivity (Wildman–Crippen MR) is 122 cm³/mol. The maximum absolute atomic E-state index is 10.3. The monoisotopic (exact) mass is 379 g/mol. The maximum Gasteiger partial charge on any atom is 0.0706 e. The number of allylic oxidation sites excluding steroid dienone is 1. The van der Waals surface area contributed by atoms with Gasteiger partial charge in [0.25, 0.3) is 0 Å². The van der Waals surface area contributed by atoms with Crippen LogP contribution in [0.3, 0.4) is 0 Å². The molecule has 2 nitrogen and oxygen atoms in total. The molecule has 152 valence electrons. The van der Waals surface area contributed by atoms with Crippen molar-refractivity contribution in [1.29, 1.82) is 0 Å². The van der Waals surface area contributed by atoms with Crippen molar-refractivity contribution in [2.75, 3.05) is 0 Å². The van der Waals surface area contributed by atoms with E-state index in [0.29, 0.717) is 11.8 Å². The molecule has 0 radical (unpaired) electrons. The molecular weight excluding hydrogens is 342 g/mol. The highest BCUT2D eigenvalue weighted by Gasteiger charge is 2.22. The maximum atomic E-state index is 10.3. The molecule has 0 bridgehead atoms. The second-order valence-corrected chi connectivity index (χ2v) is 8.58. The van der Waals surface area contributed by atoms with Crippen LogP contribution >= 0.6 is 0 Å². The number of rotatable bonds is 8. The Hall–Kier alpha value is -1.93. The highest BCUT2D eigenvalue weighted by atomic mass is 16.3. The highest BCUT2D eigenvalue weighted by Crippen LogP contribution is 2.37. The summed E-state index contributed by atoms with van der Waals surface area (Å²) >= 11 is 0. The second kappa shape index (κ2) is 10.0. The van der Waals surface area contributed by atoms with Crippen LogP contribution in [-0.4, -0.2) is 10.1 Å². The molecule has 1 aromatic carbocycles. The topological polar surface area (TPSA) is 33.1 Å². The van der Waals surface area contributed by atoms with Crippen molar-refractivity contribution < 1.29 is 5.11 Å². The molecular formula is C26H37NO. The molecule has 0 aliphatic heterocycles. The van der Waals surface area contributed by atoms with Crippen molar-refractivity contribution in [3.63, 3.8) is 0 Å². The number of aliphatic hydroxyl groups excluding tert-OH is 1. The molecule has 1 N–H and O–H groups in total. The molecule has 28 heavy (non-hydrogen) atoms. The first-order valence-corrected chi connectivity index (χ1v) is 10.8. The van der Waals surface area contributed by atoms with Gasteiger partial charge in [-0.2, -0.15) is 0 Å². The SMILES string of the molecule is CCCC=Cc1c(C(C)C)nc(C(C)C)c(CO)c1-c1ccc(C(C)C)cc1. The van der Waals surface area contributed by atoms with E-state index in [9.17, 15) is 5.11 Å². The van der Waals surface area contributed by atoms with Gasteiger partial charge >= 0.3 is 0 Å². The lowest BCUT2D eigenvalue weighted by molar-refractivity contribution is 0.280. The molecule has 1 aromatic heterocycles. The average molecular weight is 380 g/mol. The van der Waals surface area contributed by atoms with Gasteiger partial charge in [-0.25, -0.2) is 0 Å². The standard InChI is InChI=1S/C26H37NO/c1-8-9-10-11-22-24(21-14-12-20(13-15-21)17(2)3)23(16-28)26(19(6)7)27-25(22)18(4)5/h10-15,17-19,28H,8-9,16H2,1-7H3. The van der Waals surface area contributed by atoms with Gasteiger partial charge in [-0.1, -0.05) is 91.3 Å². The number of hydrogen-bond acceptors (Lipinski definition) is 2. The molecule has 2 heteroatoms. The minimum absolute atomic E-state index is 0.00870. The molecule has 2 aromatic rings. The van der Waals surface area contributed by atoms with Crippen molar-refractivity contribution in [1.82, 2.24) is 4.98 Å².